The van der Waals surface area contributed by atoms with E-state index in [-0.39, 0.29) is 5.69 Å². The summed E-state index contributed by atoms with van der Waals surface area (Å²) in [5, 5.41) is 19.3. The highest BCUT2D eigenvalue weighted by Gasteiger charge is 2.10. The van der Waals surface area contributed by atoms with Crippen LogP contribution >= 0.6 is 0 Å². The zero-order valence-electron chi connectivity index (χ0n) is 11.7. The van der Waals surface area contributed by atoms with Gasteiger partial charge in [0.05, 0.1) is 16.8 Å². The van der Waals surface area contributed by atoms with Crippen molar-refractivity contribution in [1.29, 1.82) is 0 Å². The first-order chi connectivity index (χ1) is 11.0. The van der Waals surface area contributed by atoms with Gasteiger partial charge in [-0.2, -0.15) is 0 Å². The van der Waals surface area contributed by atoms with Gasteiger partial charge in [-0.15, -0.1) is 0 Å². The molecule has 0 atom stereocenters. The van der Waals surface area contributed by atoms with E-state index in [4.69, 9.17) is 9.84 Å². The lowest BCUT2D eigenvalue weighted by Gasteiger charge is -2.03. The highest BCUT2D eigenvalue weighted by atomic mass is 16.6. The lowest BCUT2D eigenvalue weighted by molar-refractivity contribution is -0.385. The molecule has 0 aliphatic heterocycles. The molecule has 0 radical (unpaired) electrons. The summed E-state index contributed by atoms with van der Waals surface area (Å²) >= 11 is 0. The average molecular weight is 313 g/mol. The maximum Gasteiger partial charge on any atom is 0.341 e. The SMILES string of the molecule is O=C(O)COc1ccc(-c2cn3cc([N+](=O)[O-])ccc3n2)cc1. The maximum absolute atomic E-state index is 10.8. The lowest BCUT2D eigenvalue weighted by atomic mass is 10.2. The largest absolute Gasteiger partial charge is 0.482 e. The molecule has 0 aliphatic carbocycles. The van der Waals surface area contributed by atoms with Crippen LogP contribution in [0.2, 0.25) is 0 Å². The number of carboxylic acids is 1. The van der Waals surface area contributed by atoms with E-state index in [9.17, 15) is 14.9 Å². The quantitative estimate of drug-likeness (QED) is 0.572. The van der Waals surface area contributed by atoms with Crippen molar-refractivity contribution < 1.29 is 19.6 Å². The minimum Gasteiger partial charge on any atom is -0.482 e. The van der Waals surface area contributed by atoms with Crippen LogP contribution in [-0.4, -0.2) is 32.0 Å². The summed E-state index contributed by atoms with van der Waals surface area (Å²) in [5.74, 6) is -0.605. The van der Waals surface area contributed by atoms with E-state index in [0.29, 0.717) is 17.1 Å². The molecule has 0 saturated heterocycles. The molecular formula is C15H11N3O5. The molecule has 0 fully saturated rings. The molecule has 3 aromatic rings. The van der Waals surface area contributed by atoms with E-state index in [1.54, 1.807) is 40.9 Å². The van der Waals surface area contributed by atoms with Crippen molar-refractivity contribution in [3.63, 3.8) is 0 Å². The van der Waals surface area contributed by atoms with Crippen LogP contribution in [0.25, 0.3) is 16.9 Å². The van der Waals surface area contributed by atoms with Crippen molar-refractivity contribution in [1.82, 2.24) is 9.38 Å². The number of carboxylic acid groups (broad SMARTS) is 1. The molecule has 0 aliphatic rings. The smallest absolute Gasteiger partial charge is 0.341 e. The van der Waals surface area contributed by atoms with Gasteiger partial charge in [-0.1, -0.05) is 0 Å². The van der Waals surface area contributed by atoms with Gasteiger partial charge < -0.3 is 9.84 Å². The Bertz CT molecular complexity index is 886. The first kappa shape index (κ1) is 14.5. The number of ether oxygens (including phenoxy) is 1. The lowest BCUT2D eigenvalue weighted by Crippen LogP contribution is -2.09. The highest BCUT2D eigenvalue weighted by molar-refractivity contribution is 5.68. The Morgan fingerprint density at radius 2 is 1.96 bits per heavy atom. The minimum absolute atomic E-state index is 0.0149. The molecule has 2 heterocycles. The van der Waals surface area contributed by atoms with Gasteiger partial charge in [0, 0.05) is 17.8 Å². The number of fused-ring (bicyclic) bond motifs is 1. The number of hydrogen-bond donors (Lipinski definition) is 1. The van der Waals surface area contributed by atoms with E-state index in [0.717, 1.165) is 5.56 Å². The molecule has 1 N–H and O–H groups in total. The van der Waals surface area contributed by atoms with Crippen molar-refractivity contribution in [3.05, 3.63) is 58.9 Å². The third-order valence-corrected chi connectivity index (χ3v) is 3.16. The van der Waals surface area contributed by atoms with Gasteiger partial charge >= 0.3 is 5.97 Å². The summed E-state index contributed by atoms with van der Waals surface area (Å²) in [7, 11) is 0. The number of carbonyl (C=O) groups is 1. The van der Waals surface area contributed by atoms with E-state index in [1.165, 1.54) is 12.3 Å². The Labute approximate surface area is 129 Å². The normalized spacial score (nSPS) is 10.6. The molecule has 8 nitrogen and oxygen atoms in total. The van der Waals surface area contributed by atoms with Crippen LogP contribution in [0.5, 0.6) is 5.75 Å². The van der Waals surface area contributed by atoms with Crippen LogP contribution in [0.15, 0.2) is 48.8 Å². The number of rotatable bonds is 5. The predicted octanol–water partition coefficient (Wildman–Crippen LogP) is 2.37. The fraction of sp³-hybridized carbons (Fsp3) is 0.0667. The van der Waals surface area contributed by atoms with E-state index < -0.39 is 17.5 Å². The topological polar surface area (TPSA) is 107 Å². The predicted molar refractivity (Wildman–Crippen MR) is 80.4 cm³/mol. The van der Waals surface area contributed by atoms with Gasteiger partial charge in [-0.05, 0) is 30.3 Å². The van der Waals surface area contributed by atoms with Crippen molar-refractivity contribution in [2.45, 2.75) is 0 Å². The fourth-order valence-corrected chi connectivity index (χ4v) is 2.09. The van der Waals surface area contributed by atoms with Crippen LogP contribution in [0.1, 0.15) is 0 Å². The van der Waals surface area contributed by atoms with Crippen LogP contribution < -0.4 is 4.74 Å². The average Bonchev–Trinajstić information content (AvgIpc) is 2.96. The van der Waals surface area contributed by atoms with Crippen LogP contribution in [0, 0.1) is 10.1 Å². The van der Waals surface area contributed by atoms with Crippen LogP contribution in [-0.2, 0) is 4.79 Å². The summed E-state index contributed by atoms with van der Waals surface area (Å²) in [4.78, 5) is 25.2. The van der Waals surface area contributed by atoms with Gasteiger partial charge in [0.1, 0.15) is 11.4 Å². The first-order valence-corrected chi connectivity index (χ1v) is 6.61. The number of nitro groups is 1. The number of benzene rings is 1. The van der Waals surface area contributed by atoms with Gasteiger partial charge in [-0.3, -0.25) is 14.5 Å². The first-order valence-electron chi connectivity index (χ1n) is 6.61. The molecule has 0 saturated carbocycles. The summed E-state index contributed by atoms with van der Waals surface area (Å²) in [6, 6.07) is 9.75. The van der Waals surface area contributed by atoms with Gasteiger partial charge in [0.15, 0.2) is 6.61 Å². The minimum atomic E-state index is -1.05. The molecule has 0 spiro atoms. The summed E-state index contributed by atoms with van der Waals surface area (Å²) in [5.41, 5.74) is 2.02. The standard InChI is InChI=1S/C15H11N3O5/c19-15(20)9-23-12-4-1-10(2-5-12)13-8-17-7-11(18(21)22)3-6-14(17)16-13/h1-8H,9H2,(H,19,20). The summed E-state index contributed by atoms with van der Waals surface area (Å²) < 4.78 is 6.64. The van der Waals surface area contributed by atoms with Gasteiger partial charge in [0.2, 0.25) is 0 Å². The Balaban J connectivity index is 1.87. The fourth-order valence-electron chi connectivity index (χ4n) is 2.09. The maximum atomic E-state index is 10.8. The zero-order valence-corrected chi connectivity index (χ0v) is 11.7. The number of aliphatic carboxylic acids is 1. The molecule has 0 unspecified atom stereocenters. The second-order valence-corrected chi connectivity index (χ2v) is 4.74. The Kier molecular flexibility index (Phi) is 3.63. The second-order valence-electron chi connectivity index (χ2n) is 4.74. The molecule has 3 rings (SSSR count). The third kappa shape index (κ3) is 3.10. The molecule has 2 aromatic heterocycles. The Hall–Kier alpha value is -3.42. The number of aromatic nitrogens is 2. The molecule has 1 aromatic carbocycles. The van der Waals surface area contributed by atoms with Gasteiger partial charge in [-0.25, -0.2) is 9.78 Å². The van der Waals surface area contributed by atoms with Crippen molar-refractivity contribution >= 4 is 17.3 Å². The Morgan fingerprint density at radius 3 is 2.61 bits per heavy atom. The summed E-state index contributed by atoms with van der Waals surface area (Å²) in [6.07, 6.45) is 3.09. The van der Waals surface area contributed by atoms with Crippen LogP contribution in [0.4, 0.5) is 5.69 Å². The molecule has 0 bridgehead atoms. The third-order valence-electron chi connectivity index (χ3n) is 3.16. The van der Waals surface area contributed by atoms with Gasteiger partial charge in [0.25, 0.3) is 5.69 Å². The van der Waals surface area contributed by atoms with Crippen molar-refractivity contribution in [2.75, 3.05) is 6.61 Å². The van der Waals surface area contributed by atoms with E-state index in [1.807, 2.05) is 0 Å². The number of hydrogen-bond acceptors (Lipinski definition) is 5. The van der Waals surface area contributed by atoms with Crippen molar-refractivity contribution in [3.8, 4) is 17.0 Å². The molecular weight excluding hydrogens is 302 g/mol. The Morgan fingerprint density at radius 1 is 1.22 bits per heavy atom. The molecule has 8 heteroatoms. The number of pyridine rings is 1. The monoisotopic (exact) mass is 313 g/mol. The van der Waals surface area contributed by atoms with Crippen molar-refractivity contribution in [2.24, 2.45) is 0 Å². The summed E-state index contributed by atoms with van der Waals surface area (Å²) in [6.45, 7) is -0.405. The number of imidazole rings is 1. The second kappa shape index (κ2) is 5.76. The van der Waals surface area contributed by atoms with E-state index >= 15 is 0 Å². The highest BCUT2D eigenvalue weighted by Crippen LogP contribution is 2.23. The van der Waals surface area contributed by atoms with E-state index in [2.05, 4.69) is 4.98 Å². The molecule has 0 amide bonds. The number of nitrogens with zero attached hydrogens (tertiary/aromatic N) is 3. The van der Waals surface area contributed by atoms with Crippen LogP contribution in [0.3, 0.4) is 0 Å². The molecule has 23 heavy (non-hydrogen) atoms. The zero-order chi connectivity index (χ0) is 16.4. The molecule has 116 valence electrons.